The summed E-state index contributed by atoms with van der Waals surface area (Å²) >= 11 is 0. The van der Waals surface area contributed by atoms with Gasteiger partial charge in [-0.25, -0.2) is 13.5 Å². The number of hydrogen-bond donors (Lipinski definition) is 2. The van der Waals surface area contributed by atoms with Crippen LogP contribution in [-0.2, 0) is 0 Å². The molecule has 0 spiro atoms. The predicted octanol–water partition coefficient (Wildman–Crippen LogP) is 5.48. The van der Waals surface area contributed by atoms with Crippen LogP contribution in [0.5, 0.6) is 11.5 Å². The SMILES string of the molecule is COc1ccc(C2CC(C(F)F)n3nc(-c4ccc(C(=O)N5C[C@H](C)NC[C@H]5C)cc4C)cc3N2)cc1OC.Cl. The van der Waals surface area contributed by atoms with Crippen LogP contribution in [0, 0.1) is 6.92 Å². The van der Waals surface area contributed by atoms with Gasteiger partial charge >= 0.3 is 0 Å². The van der Waals surface area contributed by atoms with E-state index in [9.17, 15) is 13.6 Å². The Morgan fingerprint density at radius 1 is 1.07 bits per heavy atom. The van der Waals surface area contributed by atoms with Gasteiger partial charge in [0.25, 0.3) is 12.3 Å². The van der Waals surface area contributed by atoms with Crippen LogP contribution in [0.2, 0.25) is 0 Å². The lowest BCUT2D eigenvalue weighted by atomic mass is 9.97. The quantitative estimate of drug-likeness (QED) is 0.405. The third-order valence-corrected chi connectivity index (χ3v) is 7.72. The van der Waals surface area contributed by atoms with E-state index in [-0.39, 0.29) is 42.9 Å². The highest BCUT2D eigenvalue weighted by molar-refractivity contribution is 5.95. The van der Waals surface area contributed by atoms with Gasteiger partial charge in [-0.05, 0) is 62.6 Å². The van der Waals surface area contributed by atoms with E-state index >= 15 is 0 Å². The summed E-state index contributed by atoms with van der Waals surface area (Å²) in [5, 5.41) is 11.4. The number of nitrogens with zero attached hydrogens (tertiary/aromatic N) is 3. The number of piperazine rings is 1. The van der Waals surface area contributed by atoms with Gasteiger partial charge in [-0.2, -0.15) is 5.10 Å². The first-order valence-electron chi connectivity index (χ1n) is 13.2. The average molecular weight is 576 g/mol. The Hall–Kier alpha value is -3.37. The van der Waals surface area contributed by atoms with Gasteiger partial charge in [-0.15, -0.1) is 12.4 Å². The minimum Gasteiger partial charge on any atom is -0.493 e. The third kappa shape index (κ3) is 5.60. The fourth-order valence-electron chi connectivity index (χ4n) is 5.52. The number of alkyl halides is 2. The van der Waals surface area contributed by atoms with Crippen molar-refractivity contribution in [3.8, 4) is 22.8 Å². The van der Waals surface area contributed by atoms with Crippen LogP contribution in [0.3, 0.4) is 0 Å². The Labute approximate surface area is 239 Å². The number of fused-ring (bicyclic) bond motifs is 1. The molecule has 40 heavy (non-hydrogen) atoms. The number of carbonyl (C=O) groups is 1. The van der Waals surface area contributed by atoms with Gasteiger partial charge in [-0.1, -0.05) is 12.1 Å². The number of rotatable bonds is 6. The van der Waals surface area contributed by atoms with Crippen LogP contribution < -0.4 is 20.1 Å². The average Bonchev–Trinajstić information content (AvgIpc) is 3.36. The molecule has 0 saturated carbocycles. The van der Waals surface area contributed by atoms with Gasteiger partial charge in [0, 0.05) is 42.4 Å². The van der Waals surface area contributed by atoms with E-state index in [0.29, 0.717) is 35.1 Å². The summed E-state index contributed by atoms with van der Waals surface area (Å²) in [6, 6.07) is 11.6. The van der Waals surface area contributed by atoms with E-state index in [1.54, 1.807) is 32.4 Å². The van der Waals surface area contributed by atoms with Gasteiger partial charge in [-0.3, -0.25) is 4.79 Å². The van der Waals surface area contributed by atoms with E-state index in [1.807, 2.05) is 43.0 Å². The van der Waals surface area contributed by atoms with Crippen molar-refractivity contribution in [3.63, 3.8) is 0 Å². The van der Waals surface area contributed by atoms with Crippen molar-refractivity contribution < 1.29 is 23.0 Å². The minimum atomic E-state index is -2.59. The van der Waals surface area contributed by atoms with Gasteiger partial charge in [0.15, 0.2) is 11.5 Å². The highest BCUT2D eigenvalue weighted by Crippen LogP contribution is 2.41. The zero-order valence-corrected chi connectivity index (χ0v) is 24.1. The second-order valence-electron chi connectivity index (χ2n) is 10.5. The van der Waals surface area contributed by atoms with E-state index in [1.165, 1.54) is 4.68 Å². The Kier molecular flexibility index (Phi) is 8.90. The summed E-state index contributed by atoms with van der Waals surface area (Å²) in [5.74, 6) is 1.63. The summed E-state index contributed by atoms with van der Waals surface area (Å²) < 4.78 is 40.6. The Morgan fingerprint density at radius 3 is 2.50 bits per heavy atom. The standard InChI is InChI=1S/C29H35F2N5O3.ClH/c1-16-10-20(29(37)35-15-17(2)32-14-18(35)3)6-8-21(16)23-13-27-33-22(12-24(28(30)31)36(27)34-23)19-7-9-25(38-4)26(11-19)39-5;/h6-11,13,17-18,22,24,28,32-33H,12,14-15H2,1-5H3;1H/t17-,18+,22?,24?;/m0./s1. The first-order chi connectivity index (χ1) is 18.7. The molecule has 2 aliphatic heterocycles. The lowest BCUT2D eigenvalue weighted by Crippen LogP contribution is -2.56. The molecule has 1 fully saturated rings. The van der Waals surface area contributed by atoms with Crippen molar-refractivity contribution in [2.75, 3.05) is 32.6 Å². The molecule has 5 rings (SSSR count). The monoisotopic (exact) mass is 575 g/mol. The summed E-state index contributed by atoms with van der Waals surface area (Å²) in [7, 11) is 3.10. The Morgan fingerprint density at radius 2 is 1.82 bits per heavy atom. The maximum absolute atomic E-state index is 14.2. The number of amides is 1. The summed E-state index contributed by atoms with van der Waals surface area (Å²) in [6.45, 7) is 7.43. The number of nitrogens with one attached hydrogen (secondary N) is 2. The molecule has 216 valence electrons. The topological polar surface area (TPSA) is 80.7 Å². The molecular weight excluding hydrogens is 540 g/mol. The number of methoxy groups -OCH3 is 2. The summed E-state index contributed by atoms with van der Waals surface area (Å²) in [5.41, 5.74) is 3.67. The minimum absolute atomic E-state index is 0. The largest absolute Gasteiger partial charge is 0.493 e. The van der Waals surface area contributed by atoms with Crippen LogP contribution in [0.25, 0.3) is 11.3 Å². The van der Waals surface area contributed by atoms with Gasteiger partial charge in [0.1, 0.15) is 11.9 Å². The maximum Gasteiger partial charge on any atom is 0.260 e. The second-order valence-corrected chi connectivity index (χ2v) is 10.5. The van der Waals surface area contributed by atoms with Crippen LogP contribution in [-0.4, -0.2) is 66.4 Å². The lowest BCUT2D eigenvalue weighted by Gasteiger charge is -2.37. The number of carbonyl (C=O) groups excluding carboxylic acids is 1. The molecule has 3 heterocycles. The molecule has 2 N–H and O–H groups in total. The Bertz CT molecular complexity index is 1370. The molecule has 0 aliphatic carbocycles. The zero-order chi connectivity index (χ0) is 27.8. The molecule has 0 radical (unpaired) electrons. The van der Waals surface area contributed by atoms with Crippen molar-refractivity contribution in [2.45, 2.75) is 57.8 Å². The number of aryl methyl sites for hydroxylation is 1. The molecule has 2 aromatic carbocycles. The summed E-state index contributed by atoms with van der Waals surface area (Å²) in [6.07, 6.45) is -2.43. The molecule has 8 nitrogen and oxygen atoms in total. The van der Waals surface area contributed by atoms with Crippen molar-refractivity contribution in [3.05, 3.63) is 59.2 Å². The van der Waals surface area contributed by atoms with Crippen LogP contribution in [0.15, 0.2) is 42.5 Å². The smallest absolute Gasteiger partial charge is 0.260 e. The third-order valence-electron chi connectivity index (χ3n) is 7.72. The van der Waals surface area contributed by atoms with E-state index in [2.05, 4.69) is 22.7 Å². The first-order valence-corrected chi connectivity index (χ1v) is 13.2. The number of anilines is 1. The predicted molar refractivity (Wildman–Crippen MR) is 153 cm³/mol. The molecule has 2 aliphatic rings. The molecule has 2 unspecified atom stereocenters. The molecule has 0 bridgehead atoms. The fourth-order valence-corrected chi connectivity index (χ4v) is 5.52. The lowest BCUT2D eigenvalue weighted by molar-refractivity contribution is 0.0615. The second kappa shape index (κ2) is 12.0. The van der Waals surface area contributed by atoms with Crippen molar-refractivity contribution in [2.24, 2.45) is 0 Å². The number of benzene rings is 2. The molecule has 3 aromatic rings. The van der Waals surface area contributed by atoms with E-state index in [4.69, 9.17) is 9.47 Å². The number of halogens is 3. The molecule has 1 aromatic heterocycles. The highest BCUT2D eigenvalue weighted by atomic mass is 35.5. The first kappa shape index (κ1) is 29.6. The Balaban J connectivity index is 0.00000370. The molecular formula is C29H36ClF2N5O3. The number of hydrogen-bond acceptors (Lipinski definition) is 6. The van der Waals surface area contributed by atoms with E-state index in [0.717, 1.165) is 23.2 Å². The number of ether oxygens (including phenoxy) is 2. The van der Waals surface area contributed by atoms with Crippen LogP contribution in [0.4, 0.5) is 14.6 Å². The molecule has 11 heteroatoms. The van der Waals surface area contributed by atoms with Crippen molar-refractivity contribution in [1.82, 2.24) is 20.0 Å². The maximum atomic E-state index is 14.2. The van der Waals surface area contributed by atoms with Crippen molar-refractivity contribution in [1.29, 1.82) is 0 Å². The van der Waals surface area contributed by atoms with Gasteiger partial charge in [0.2, 0.25) is 0 Å². The van der Waals surface area contributed by atoms with Crippen LogP contribution in [0.1, 0.15) is 53.8 Å². The molecule has 1 saturated heterocycles. The van der Waals surface area contributed by atoms with Crippen LogP contribution >= 0.6 is 12.4 Å². The van der Waals surface area contributed by atoms with Gasteiger partial charge < -0.3 is 25.0 Å². The van der Waals surface area contributed by atoms with Crippen molar-refractivity contribution >= 4 is 24.1 Å². The molecule has 4 atom stereocenters. The summed E-state index contributed by atoms with van der Waals surface area (Å²) in [4.78, 5) is 15.2. The normalized spacial score (nSPS) is 22.2. The number of aromatic nitrogens is 2. The molecule has 1 amide bonds. The highest BCUT2D eigenvalue weighted by Gasteiger charge is 2.35. The zero-order valence-electron chi connectivity index (χ0n) is 23.3. The van der Waals surface area contributed by atoms with Gasteiger partial charge in [0.05, 0.1) is 26.0 Å². The fraction of sp³-hybridized carbons (Fsp3) is 0.448. The van der Waals surface area contributed by atoms with E-state index < -0.39 is 12.5 Å².